The molecule has 3 heteroatoms. The lowest BCUT2D eigenvalue weighted by Crippen LogP contribution is -2.54. The Balaban J connectivity index is 1.97. The lowest BCUT2D eigenvalue weighted by atomic mass is 9.93. The smallest absolute Gasteiger partial charge is 0.106 e. The molecule has 1 aliphatic heterocycles. The zero-order chi connectivity index (χ0) is 10.0. The number of hydrogen-bond acceptors (Lipinski definition) is 3. The second-order valence-corrected chi connectivity index (χ2v) is 4.77. The van der Waals surface area contributed by atoms with Crippen molar-refractivity contribution in [2.75, 3.05) is 26.2 Å². The van der Waals surface area contributed by atoms with E-state index in [1.165, 1.54) is 12.8 Å². The molecule has 3 nitrogen and oxygen atoms in total. The average Bonchev–Trinajstić information content (AvgIpc) is 3.03. The summed E-state index contributed by atoms with van der Waals surface area (Å²) < 4.78 is 0. The Morgan fingerprint density at radius 1 is 1.43 bits per heavy atom. The fourth-order valence-corrected chi connectivity index (χ4v) is 2.29. The summed E-state index contributed by atoms with van der Waals surface area (Å²) in [7, 11) is 0. The van der Waals surface area contributed by atoms with E-state index in [2.05, 4.69) is 23.2 Å². The van der Waals surface area contributed by atoms with Gasteiger partial charge in [-0.3, -0.25) is 4.90 Å². The van der Waals surface area contributed by atoms with Crippen molar-refractivity contribution in [3.63, 3.8) is 0 Å². The molecule has 2 aliphatic rings. The van der Waals surface area contributed by atoms with Crippen LogP contribution in [0.5, 0.6) is 0 Å². The van der Waals surface area contributed by atoms with Gasteiger partial charge in [-0.05, 0) is 19.3 Å². The summed E-state index contributed by atoms with van der Waals surface area (Å²) >= 11 is 0. The van der Waals surface area contributed by atoms with Gasteiger partial charge in [0, 0.05) is 26.2 Å². The summed E-state index contributed by atoms with van der Waals surface area (Å²) in [5, 5.41) is 12.6. The highest BCUT2D eigenvalue weighted by molar-refractivity contribution is 5.08. The van der Waals surface area contributed by atoms with Gasteiger partial charge < -0.3 is 5.32 Å². The van der Waals surface area contributed by atoms with Crippen LogP contribution < -0.4 is 5.32 Å². The van der Waals surface area contributed by atoms with Crippen molar-refractivity contribution in [3.05, 3.63) is 0 Å². The van der Waals surface area contributed by atoms with Crippen molar-refractivity contribution in [2.45, 2.75) is 31.7 Å². The summed E-state index contributed by atoms with van der Waals surface area (Å²) in [6.07, 6.45) is 3.75. The number of hydrogen-bond donors (Lipinski definition) is 1. The van der Waals surface area contributed by atoms with Gasteiger partial charge in [0.25, 0.3) is 0 Å². The standard InChI is InChI=1S/C11H19N3/c1-11(9-12,8-10-2-3-10)14-6-4-13-5-7-14/h10,13H,2-8H2,1H3. The van der Waals surface area contributed by atoms with Gasteiger partial charge in [0.05, 0.1) is 6.07 Å². The Labute approximate surface area is 86.1 Å². The maximum atomic E-state index is 9.30. The number of nitrogens with zero attached hydrogens (tertiary/aromatic N) is 2. The Kier molecular flexibility index (Phi) is 2.76. The van der Waals surface area contributed by atoms with E-state index in [1.54, 1.807) is 0 Å². The molecule has 1 unspecified atom stereocenters. The van der Waals surface area contributed by atoms with Crippen molar-refractivity contribution >= 4 is 0 Å². The zero-order valence-corrected chi connectivity index (χ0v) is 8.92. The molecule has 2 rings (SSSR count). The maximum absolute atomic E-state index is 9.30. The van der Waals surface area contributed by atoms with Crippen LogP contribution >= 0.6 is 0 Å². The van der Waals surface area contributed by atoms with Gasteiger partial charge in [0.1, 0.15) is 5.54 Å². The Hall–Kier alpha value is -0.590. The quantitative estimate of drug-likeness (QED) is 0.726. The monoisotopic (exact) mass is 193 g/mol. The van der Waals surface area contributed by atoms with E-state index in [9.17, 15) is 5.26 Å². The van der Waals surface area contributed by atoms with E-state index < -0.39 is 0 Å². The molecule has 14 heavy (non-hydrogen) atoms. The number of piperazine rings is 1. The molecule has 1 saturated heterocycles. The van der Waals surface area contributed by atoms with E-state index in [0.717, 1.165) is 38.5 Å². The van der Waals surface area contributed by atoms with Crippen LogP contribution in [0.1, 0.15) is 26.2 Å². The summed E-state index contributed by atoms with van der Waals surface area (Å²) in [5.74, 6) is 0.828. The first kappa shape index (κ1) is 9.95. The molecule has 1 heterocycles. The predicted octanol–water partition coefficient (Wildman–Crippen LogP) is 0.974. The van der Waals surface area contributed by atoms with E-state index in [1.807, 2.05) is 0 Å². The van der Waals surface area contributed by atoms with Gasteiger partial charge >= 0.3 is 0 Å². The van der Waals surface area contributed by atoms with Crippen LogP contribution in [0, 0.1) is 17.2 Å². The van der Waals surface area contributed by atoms with Gasteiger partial charge in [0.15, 0.2) is 0 Å². The fraction of sp³-hybridized carbons (Fsp3) is 0.909. The third-order valence-electron chi connectivity index (χ3n) is 3.44. The number of rotatable bonds is 3. The Morgan fingerprint density at radius 3 is 2.57 bits per heavy atom. The Morgan fingerprint density at radius 2 is 2.07 bits per heavy atom. The van der Waals surface area contributed by atoms with E-state index in [-0.39, 0.29) is 5.54 Å². The third kappa shape index (κ3) is 2.08. The lowest BCUT2D eigenvalue weighted by molar-refractivity contribution is 0.120. The minimum atomic E-state index is -0.205. The third-order valence-corrected chi connectivity index (χ3v) is 3.44. The molecule has 1 aliphatic carbocycles. The van der Waals surface area contributed by atoms with Crippen LogP contribution in [-0.2, 0) is 0 Å². The second kappa shape index (κ2) is 3.88. The molecule has 1 N–H and O–H groups in total. The van der Waals surface area contributed by atoms with Crippen molar-refractivity contribution in [1.82, 2.24) is 10.2 Å². The fourth-order valence-electron chi connectivity index (χ4n) is 2.29. The minimum Gasteiger partial charge on any atom is -0.314 e. The molecule has 2 fully saturated rings. The zero-order valence-electron chi connectivity index (χ0n) is 8.92. The van der Waals surface area contributed by atoms with Crippen molar-refractivity contribution in [2.24, 2.45) is 5.92 Å². The molecule has 1 atom stereocenters. The topological polar surface area (TPSA) is 39.1 Å². The van der Waals surface area contributed by atoms with E-state index in [4.69, 9.17) is 0 Å². The predicted molar refractivity (Wildman–Crippen MR) is 55.8 cm³/mol. The number of nitrogens with one attached hydrogen (secondary N) is 1. The van der Waals surface area contributed by atoms with Gasteiger partial charge in [-0.1, -0.05) is 12.8 Å². The van der Waals surface area contributed by atoms with Gasteiger partial charge in [0.2, 0.25) is 0 Å². The molecule has 0 radical (unpaired) electrons. The van der Waals surface area contributed by atoms with Gasteiger partial charge in [-0.2, -0.15) is 5.26 Å². The van der Waals surface area contributed by atoms with Crippen molar-refractivity contribution in [1.29, 1.82) is 5.26 Å². The van der Waals surface area contributed by atoms with E-state index >= 15 is 0 Å². The summed E-state index contributed by atoms with van der Waals surface area (Å²) in [6.45, 7) is 6.22. The maximum Gasteiger partial charge on any atom is 0.106 e. The molecule has 0 aromatic heterocycles. The lowest BCUT2D eigenvalue weighted by Gasteiger charge is -2.39. The van der Waals surface area contributed by atoms with Crippen LogP contribution in [0.3, 0.4) is 0 Å². The molecule has 0 aromatic carbocycles. The summed E-state index contributed by atoms with van der Waals surface area (Å²) in [4.78, 5) is 2.35. The first-order valence-corrected chi connectivity index (χ1v) is 5.62. The van der Waals surface area contributed by atoms with Crippen LogP contribution in [-0.4, -0.2) is 36.6 Å². The van der Waals surface area contributed by atoms with Crippen LogP contribution in [0.15, 0.2) is 0 Å². The van der Waals surface area contributed by atoms with Crippen LogP contribution in [0.25, 0.3) is 0 Å². The minimum absolute atomic E-state index is 0.205. The molecule has 0 amide bonds. The largest absolute Gasteiger partial charge is 0.314 e. The highest BCUT2D eigenvalue weighted by Gasteiger charge is 2.38. The molecule has 0 aromatic rings. The first-order chi connectivity index (χ1) is 6.74. The van der Waals surface area contributed by atoms with Gasteiger partial charge in [-0.15, -0.1) is 0 Å². The molecular weight excluding hydrogens is 174 g/mol. The molecule has 1 saturated carbocycles. The first-order valence-electron chi connectivity index (χ1n) is 5.62. The Bertz CT molecular complexity index is 235. The van der Waals surface area contributed by atoms with Gasteiger partial charge in [-0.25, -0.2) is 0 Å². The summed E-state index contributed by atoms with van der Waals surface area (Å²) in [5.41, 5.74) is -0.205. The number of nitriles is 1. The summed E-state index contributed by atoms with van der Waals surface area (Å²) in [6, 6.07) is 2.52. The highest BCUT2D eigenvalue weighted by atomic mass is 15.2. The van der Waals surface area contributed by atoms with E-state index in [0.29, 0.717) is 0 Å². The highest BCUT2D eigenvalue weighted by Crippen LogP contribution is 2.38. The van der Waals surface area contributed by atoms with Crippen LogP contribution in [0.2, 0.25) is 0 Å². The molecule has 0 bridgehead atoms. The normalized spacial score (nSPS) is 28.0. The second-order valence-electron chi connectivity index (χ2n) is 4.77. The average molecular weight is 193 g/mol. The van der Waals surface area contributed by atoms with Crippen molar-refractivity contribution in [3.8, 4) is 6.07 Å². The van der Waals surface area contributed by atoms with Crippen molar-refractivity contribution < 1.29 is 0 Å². The molecule has 78 valence electrons. The molecular formula is C11H19N3. The van der Waals surface area contributed by atoms with Crippen LogP contribution in [0.4, 0.5) is 0 Å². The SMILES string of the molecule is CC(C#N)(CC1CC1)N1CCNCC1. The molecule has 0 spiro atoms.